The quantitative estimate of drug-likeness (QED) is 0.859. The molecule has 2 aliphatic heterocycles. The van der Waals surface area contributed by atoms with Crippen molar-refractivity contribution in [2.24, 2.45) is 0 Å². The molecule has 6 heteroatoms. The largest absolute Gasteiger partial charge is 0.451 e. The maximum Gasteiger partial charge on any atom is 0.260 e. The van der Waals surface area contributed by atoms with Gasteiger partial charge >= 0.3 is 0 Å². The summed E-state index contributed by atoms with van der Waals surface area (Å²) in [6.07, 6.45) is 7.36. The fourth-order valence-corrected chi connectivity index (χ4v) is 4.17. The standard InChI is InChI=1S/C22H25N3O3/c26-21(24-18-8-6-16(7-9-18)15-4-5-15)19-3-1-2-12-25(19)13-17-10-11-23-22-20(17)27-14-28-22/h6-11,15,19H,1-5,12-14H2,(H,24,26)/t19-/m1/s1. The van der Waals surface area contributed by atoms with Crippen LogP contribution in [-0.2, 0) is 11.3 Å². The number of hydrogen-bond donors (Lipinski definition) is 1. The molecule has 1 aliphatic carbocycles. The van der Waals surface area contributed by atoms with E-state index in [4.69, 9.17) is 9.47 Å². The van der Waals surface area contributed by atoms with Crippen molar-refractivity contribution in [2.75, 3.05) is 18.7 Å². The lowest BCUT2D eigenvalue weighted by Gasteiger charge is -2.34. The molecule has 0 spiro atoms. The fourth-order valence-electron chi connectivity index (χ4n) is 4.17. The molecule has 1 atom stereocenters. The van der Waals surface area contributed by atoms with Gasteiger partial charge in [-0.15, -0.1) is 0 Å². The number of carbonyl (C=O) groups excluding carboxylic acids is 1. The van der Waals surface area contributed by atoms with Gasteiger partial charge in [-0.25, -0.2) is 4.98 Å². The van der Waals surface area contributed by atoms with E-state index in [1.807, 2.05) is 18.2 Å². The first-order valence-electron chi connectivity index (χ1n) is 10.2. The summed E-state index contributed by atoms with van der Waals surface area (Å²) in [4.78, 5) is 19.5. The molecule has 1 N–H and O–H groups in total. The van der Waals surface area contributed by atoms with Crippen molar-refractivity contribution >= 4 is 11.6 Å². The zero-order chi connectivity index (χ0) is 18.9. The maximum absolute atomic E-state index is 13.0. The Balaban J connectivity index is 1.28. The minimum Gasteiger partial charge on any atom is -0.451 e. The maximum atomic E-state index is 13.0. The van der Waals surface area contributed by atoms with Crippen molar-refractivity contribution in [1.82, 2.24) is 9.88 Å². The van der Waals surface area contributed by atoms with Crippen molar-refractivity contribution in [1.29, 1.82) is 0 Å². The number of fused-ring (bicyclic) bond motifs is 1. The molecule has 6 nitrogen and oxygen atoms in total. The Morgan fingerprint density at radius 3 is 2.79 bits per heavy atom. The van der Waals surface area contributed by atoms with Crippen LogP contribution in [0.5, 0.6) is 11.6 Å². The topological polar surface area (TPSA) is 63.7 Å². The second-order valence-corrected chi connectivity index (χ2v) is 7.88. The summed E-state index contributed by atoms with van der Waals surface area (Å²) in [6, 6.07) is 10.2. The first-order chi connectivity index (χ1) is 13.8. The summed E-state index contributed by atoms with van der Waals surface area (Å²) in [5.74, 6) is 2.06. The lowest BCUT2D eigenvalue weighted by atomic mass is 10.00. The average Bonchev–Trinajstić information content (AvgIpc) is 3.46. The van der Waals surface area contributed by atoms with Gasteiger partial charge in [-0.3, -0.25) is 9.69 Å². The van der Waals surface area contributed by atoms with E-state index in [9.17, 15) is 4.79 Å². The summed E-state index contributed by atoms with van der Waals surface area (Å²) < 4.78 is 11.0. The SMILES string of the molecule is O=C(Nc1ccc(C2CC2)cc1)[C@H]1CCCCN1Cc1ccnc2c1OCO2. The third kappa shape index (κ3) is 3.56. The van der Waals surface area contributed by atoms with Gasteiger partial charge in [0.15, 0.2) is 5.75 Å². The number of aromatic nitrogens is 1. The predicted octanol–water partition coefficient (Wildman–Crippen LogP) is 3.68. The minimum absolute atomic E-state index is 0.0711. The molecule has 1 amide bonds. The second kappa shape index (κ2) is 7.43. The molecule has 5 rings (SSSR count). The predicted molar refractivity (Wildman–Crippen MR) is 105 cm³/mol. The smallest absolute Gasteiger partial charge is 0.260 e. The van der Waals surface area contributed by atoms with Gasteiger partial charge in [0.1, 0.15) is 0 Å². The highest BCUT2D eigenvalue weighted by atomic mass is 16.7. The van der Waals surface area contributed by atoms with E-state index in [-0.39, 0.29) is 18.7 Å². The summed E-state index contributed by atoms with van der Waals surface area (Å²) in [5.41, 5.74) is 3.28. The van der Waals surface area contributed by atoms with Crippen LogP contribution >= 0.6 is 0 Å². The number of benzene rings is 1. The molecule has 28 heavy (non-hydrogen) atoms. The molecule has 2 fully saturated rings. The molecule has 3 heterocycles. The Morgan fingerprint density at radius 1 is 1.11 bits per heavy atom. The van der Waals surface area contributed by atoms with E-state index in [1.54, 1.807) is 6.20 Å². The van der Waals surface area contributed by atoms with Crippen LogP contribution in [0.15, 0.2) is 36.5 Å². The summed E-state index contributed by atoms with van der Waals surface area (Å²) in [6.45, 7) is 1.77. The summed E-state index contributed by atoms with van der Waals surface area (Å²) in [5, 5.41) is 3.12. The van der Waals surface area contributed by atoms with Gasteiger partial charge in [0.05, 0.1) is 6.04 Å². The lowest BCUT2D eigenvalue weighted by molar-refractivity contribution is -0.122. The van der Waals surface area contributed by atoms with Gasteiger partial charge in [-0.2, -0.15) is 0 Å². The van der Waals surface area contributed by atoms with Crippen LogP contribution < -0.4 is 14.8 Å². The van der Waals surface area contributed by atoms with Crippen LogP contribution in [0.4, 0.5) is 5.69 Å². The number of nitrogens with one attached hydrogen (secondary N) is 1. The van der Waals surface area contributed by atoms with Gasteiger partial charge in [0.2, 0.25) is 12.7 Å². The summed E-state index contributed by atoms with van der Waals surface area (Å²) in [7, 11) is 0. The Labute approximate surface area is 164 Å². The molecule has 1 saturated carbocycles. The van der Waals surface area contributed by atoms with Crippen LogP contribution in [0.25, 0.3) is 0 Å². The van der Waals surface area contributed by atoms with Crippen LogP contribution in [0.2, 0.25) is 0 Å². The van der Waals surface area contributed by atoms with Crippen molar-refractivity contribution in [2.45, 2.75) is 50.6 Å². The number of carbonyl (C=O) groups is 1. The van der Waals surface area contributed by atoms with Crippen LogP contribution in [0, 0.1) is 0 Å². The number of ether oxygens (including phenoxy) is 2. The third-order valence-electron chi connectivity index (χ3n) is 5.87. The fraction of sp³-hybridized carbons (Fsp3) is 0.455. The monoisotopic (exact) mass is 379 g/mol. The number of rotatable bonds is 5. The molecule has 1 aromatic heterocycles. The first kappa shape index (κ1) is 17.5. The molecule has 3 aliphatic rings. The van der Waals surface area contributed by atoms with E-state index in [0.29, 0.717) is 18.2 Å². The molecular weight excluding hydrogens is 354 g/mol. The number of amides is 1. The number of piperidine rings is 1. The van der Waals surface area contributed by atoms with E-state index in [2.05, 4.69) is 27.3 Å². The van der Waals surface area contributed by atoms with Crippen molar-refractivity contribution in [3.63, 3.8) is 0 Å². The molecular formula is C22H25N3O3. The zero-order valence-electron chi connectivity index (χ0n) is 15.9. The van der Waals surface area contributed by atoms with Gasteiger partial charge in [0.25, 0.3) is 5.88 Å². The molecule has 0 bridgehead atoms. The Morgan fingerprint density at radius 2 is 1.96 bits per heavy atom. The highest BCUT2D eigenvalue weighted by Gasteiger charge is 2.31. The number of pyridine rings is 1. The Bertz CT molecular complexity index is 864. The van der Waals surface area contributed by atoms with Gasteiger partial charge < -0.3 is 14.8 Å². The van der Waals surface area contributed by atoms with Gasteiger partial charge in [-0.05, 0) is 61.9 Å². The van der Waals surface area contributed by atoms with Crippen LogP contribution in [-0.4, -0.2) is 35.2 Å². The van der Waals surface area contributed by atoms with E-state index in [1.165, 1.54) is 18.4 Å². The minimum atomic E-state index is -0.136. The van der Waals surface area contributed by atoms with Crippen LogP contribution in [0.1, 0.15) is 49.1 Å². The Hall–Kier alpha value is -2.60. The molecule has 146 valence electrons. The third-order valence-corrected chi connectivity index (χ3v) is 5.87. The molecule has 1 saturated heterocycles. The van der Waals surface area contributed by atoms with Gasteiger partial charge in [0, 0.05) is 24.0 Å². The van der Waals surface area contributed by atoms with Crippen LogP contribution in [0.3, 0.4) is 0 Å². The molecule has 2 aromatic rings. The zero-order valence-corrected chi connectivity index (χ0v) is 15.9. The van der Waals surface area contributed by atoms with Crippen molar-refractivity contribution < 1.29 is 14.3 Å². The molecule has 1 aromatic carbocycles. The second-order valence-electron chi connectivity index (χ2n) is 7.88. The number of hydrogen-bond acceptors (Lipinski definition) is 5. The van der Waals surface area contributed by atoms with Crippen molar-refractivity contribution in [3.8, 4) is 11.6 Å². The first-order valence-corrected chi connectivity index (χ1v) is 10.2. The highest BCUT2D eigenvalue weighted by molar-refractivity contribution is 5.94. The summed E-state index contributed by atoms with van der Waals surface area (Å²) >= 11 is 0. The molecule has 0 unspecified atom stereocenters. The normalized spacial score (nSPS) is 21.5. The van der Waals surface area contributed by atoms with E-state index >= 15 is 0 Å². The van der Waals surface area contributed by atoms with E-state index < -0.39 is 0 Å². The van der Waals surface area contributed by atoms with Crippen molar-refractivity contribution in [3.05, 3.63) is 47.7 Å². The Kier molecular flexibility index (Phi) is 4.64. The highest BCUT2D eigenvalue weighted by Crippen LogP contribution is 2.40. The average molecular weight is 379 g/mol. The number of nitrogens with zero attached hydrogens (tertiary/aromatic N) is 2. The number of likely N-dealkylation sites (tertiary alicyclic amines) is 1. The van der Waals surface area contributed by atoms with Gasteiger partial charge in [-0.1, -0.05) is 18.6 Å². The number of anilines is 1. The lowest BCUT2D eigenvalue weighted by Crippen LogP contribution is -2.46. The van der Waals surface area contributed by atoms with E-state index in [0.717, 1.165) is 43.0 Å². The molecule has 0 radical (unpaired) electrons.